The predicted molar refractivity (Wildman–Crippen MR) is 203 cm³/mol. The van der Waals surface area contributed by atoms with Crippen LogP contribution < -0.4 is 0 Å². The fourth-order valence-electron chi connectivity index (χ4n) is 7.87. The summed E-state index contributed by atoms with van der Waals surface area (Å²) >= 11 is 0. The SMILES string of the molecule is CC(=O)CC(=O)CN1C[C@@H](CF)CC1=O.Cc1cc2c(cc1C)CCN=C2.Cc1cc2c(cc1C)[C@@H]1CC(=O)[C@@H](N3C[C@@H](CF)CC3=O)CN1CC2.Cl. The van der Waals surface area contributed by atoms with Crippen LogP contribution in [0.5, 0.6) is 0 Å². The van der Waals surface area contributed by atoms with Crippen LogP contribution in [0.4, 0.5) is 8.78 Å². The van der Waals surface area contributed by atoms with Gasteiger partial charge in [0.25, 0.3) is 0 Å². The van der Waals surface area contributed by atoms with Crippen LogP contribution in [0.1, 0.15) is 83.2 Å². The van der Waals surface area contributed by atoms with Gasteiger partial charge in [0.15, 0.2) is 11.6 Å². The van der Waals surface area contributed by atoms with Crippen LogP contribution in [-0.4, -0.2) is 109 Å². The molecule has 5 heterocycles. The van der Waals surface area contributed by atoms with E-state index in [9.17, 15) is 32.8 Å². The minimum Gasteiger partial charge on any atom is -0.335 e. The lowest BCUT2D eigenvalue weighted by Crippen LogP contribution is -2.56. The van der Waals surface area contributed by atoms with Crippen molar-refractivity contribution in [2.45, 2.75) is 85.2 Å². The highest BCUT2D eigenvalue weighted by Gasteiger charge is 2.44. The van der Waals surface area contributed by atoms with Crippen molar-refractivity contribution in [1.29, 1.82) is 0 Å². The van der Waals surface area contributed by atoms with Gasteiger partial charge >= 0.3 is 0 Å². The molecule has 53 heavy (non-hydrogen) atoms. The zero-order chi connectivity index (χ0) is 37.7. The average Bonchev–Trinajstić information content (AvgIpc) is 3.66. The number of amides is 2. The molecule has 0 radical (unpaired) electrons. The van der Waals surface area contributed by atoms with Crippen molar-refractivity contribution in [3.8, 4) is 0 Å². The topological polar surface area (TPSA) is 107 Å². The monoisotopic (exact) mass is 754 g/mol. The fourth-order valence-corrected chi connectivity index (χ4v) is 7.87. The lowest BCUT2D eigenvalue weighted by atomic mass is 9.83. The second-order valence-electron chi connectivity index (χ2n) is 15.2. The number of aryl methyl sites for hydroxylation is 4. The Morgan fingerprint density at radius 3 is 2.04 bits per heavy atom. The number of ketones is 3. The van der Waals surface area contributed by atoms with Crippen molar-refractivity contribution in [3.63, 3.8) is 0 Å². The van der Waals surface area contributed by atoms with Crippen LogP contribution >= 0.6 is 12.4 Å². The molecular formula is C41H53ClF2N4O5. The van der Waals surface area contributed by atoms with E-state index in [1.807, 2.05) is 6.21 Å². The molecule has 2 aromatic carbocycles. The van der Waals surface area contributed by atoms with Crippen LogP contribution in [0.2, 0.25) is 0 Å². The van der Waals surface area contributed by atoms with E-state index in [2.05, 4.69) is 61.9 Å². The van der Waals surface area contributed by atoms with Gasteiger partial charge in [-0.1, -0.05) is 18.2 Å². The molecule has 288 valence electrons. The van der Waals surface area contributed by atoms with Gasteiger partial charge in [-0.15, -0.1) is 12.4 Å². The lowest BCUT2D eigenvalue weighted by molar-refractivity contribution is -0.140. The number of Topliss-reactive ketones (excluding diaryl/α,β-unsaturated/α-hetero) is 3. The Balaban J connectivity index is 0.000000192. The third-order valence-electron chi connectivity index (χ3n) is 11.1. The fraction of sp³-hybridized carbons (Fsp3) is 0.561. The summed E-state index contributed by atoms with van der Waals surface area (Å²) in [6.07, 6.45) is 4.79. The molecule has 9 nitrogen and oxygen atoms in total. The largest absolute Gasteiger partial charge is 0.335 e. The smallest absolute Gasteiger partial charge is 0.223 e. The van der Waals surface area contributed by atoms with Gasteiger partial charge in [0.05, 0.1) is 26.3 Å². The number of likely N-dealkylation sites (tertiary alicyclic amines) is 2. The van der Waals surface area contributed by atoms with E-state index >= 15 is 0 Å². The van der Waals surface area contributed by atoms with Gasteiger partial charge < -0.3 is 9.80 Å². The van der Waals surface area contributed by atoms with E-state index in [0.717, 1.165) is 25.9 Å². The number of carbonyl (C=O) groups excluding carboxylic acids is 5. The molecule has 0 unspecified atom stereocenters. The van der Waals surface area contributed by atoms with Crippen molar-refractivity contribution in [1.82, 2.24) is 14.7 Å². The number of carbonyl (C=O) groups is 5. The summed E-state index contributed by atoms with van der Waals surface area (Å²) in [5, 5.41) is 0. The molecule has 2 amide bonds. The molecule has 0 bridgehead atoms. The maximum Gasteiger partial charge on any atom is 0.223 e. The number of piperidine rings is 1. The van der Waals surface area contributed by atoms with Crippen molar-refractivity contribution in [2.75, 3.05) is 52.6 Å². The number of hydrogen-bond acceptors (Lipinski definition) is 7. The molecule has 0 aromatic heterocycles. The molecule has 5 aliphatic rings. The van der Waals surface area contributed by atoms with Gasteiger partial charge in [-0.05, 0) is 98.0 Å². The molecule has 0 N–H and O–H groups in total. The summed E-state index contributed by atoms with van der Waals surface area (Å²) < 4.78 is 25.2. The van der Waals surface area contributed by atoms with Crippen LogP contribution in [-0.2, 0) is 36.8 Å². The summed E-state index contributed by atoms with van der Waals surface area (Å²) in [6, 6.07) is 8.74. The maximum atomic E-state index is 12.9. The molecule has 0 spiro atoms. The van der Waals surface area contributed by atoms with Crippen LogP contribution in [0.25, 0.3) is 0 Å². The van der Waals surface area contributed by atoms with Gasteiger partial charge in [0, 0.05) is 76.1 Å². The minimum absolute atomic E-state index is 0. The third kappa shape index (κ3) is 10.2. The van der Waals surface area contributed by atoms with Crippen molar-refractivity contribution < 1.29 is 32.8 Å². The first-order valence-electron chi connectivity index (χ1n) is 18.4. The molecule has 2 aromatic rings. The Bertz CT molecular complexity index is 1750. The molecule has 5 aliphatic heterocycles. The van der Waals surface area contributed by atoms with Gasteiger partial charge in [0.1, 0.15) is 11.8 Å². The van der Waals surface area contributed by atoms with Gasteiger partial charge in [-0.25, -0.2) is 0 Å². The average molecular weight is 755 g/mol. The van der Waals surface area contributed by atoms with E-state index in [4.69, 9.17) is 0 Å². The summed E-state index contributed by atoms with van der Waals surface area (Å²) in [7, 11) is 0. The van der Waals surface area contributed by atoms with Crippen molar-refractivity contribution in [2.24, 2.45) is 16.8 Å². The number of rotatable bonds is 7. The second kappa shape index (κ2) is 18.5. The zero-order valence-corrected chi connectivity index (χ0v) is 32.4. The van der Waals surface area contributed by atoms with Crippen molar-refractivity contribution >= 4 is 47.8 Å². The van der Waals surface area contributed by atoms with E-state index in [1.165, 1.54) is 56.3 Å². The molecular weight excluding hydrogens is 702 g/mol. The number of alkyl halides is 2. The Labute approximate surface area is 318 Å². The first-order chi connectivity index (χ1) is 24.8. The Kier molecular flexibility index (Phi) is 14.6. The Morgan fingerprint density at radius 2 is 1.40 bits per heavy atom. The molecule has 0 aliphatic carbocycles. The number of fused-ring (bicyclic) bond motifs is 4. The number of halogens is 3. The second-order valence-corrected chi connectivity index (χ2v) is 15.2. The molecule has 7 rings (SSSR count). The van der Waals surface area contributed by atoms with E-state index in [0.29, 0.717) is 26.1 Å². The number of aliphatic imine (C=N–C) groups is 1. The third-order valence-corrected chi connectivity index (χ3v) is 11.1. The first kappa shape index (κ1) is 41.9. The molecule has 4 atom stereocenters. The normalized spacial score (nSPS) is 23.2. The highest BCUT2D eigenvalue weighted by molar-refractivity contribution is 6.00. The quantitative estimate of drug-likeness (QED) is 0.350. The molecule has 12 heteroatoms. The molecule has 3 saturated heterocycles. The van der Waals surface area contributed by atoms with E-state index < -0.39 is 19.4 Å². The van der Waals surface area contributed by atoms with E-state index in [1.54, 1.807) is 4.90 Å². The van der Waals surface area contributed by atoms with Gasteiger partial charge in [-0.3, -0.25) is 42.6 Å². The zero-order valence-electron chi connectivity index (χ0n) is 31.6. The molecule has 0 saturated carbocycles. The van der Waals surface area contributed by atoms with Gasteiger partial charge in [-0.2, -0.15) is 0 Å². The summed E-state index contributed by atoms with van der Waals surface area (Å²) in [6.45, 7) is 11.9. The predicted octanol–water partition coefficient (Wildman–Crippen LogP) is 5.41. The van der Waals surface area contributed by atoms with Crippen molar-refractivity contribution in [3.05, 3.63) is 68.8 Å². The lowest BCUT2D eigenvalue weighted by Gasteiger charge is -2.45. The summed E-state index contributed by atoms with van der Waals surface area (Å²) in [5.41, 5.74) is 10.7. The summed E-state index contributed by atoms with van der Waals surface area (Å²) in [5.74, 6) is -1.17. The molecule has 3 fully saturated rings. The Hall–Kier alpha value is -3.83. The number of hydrogen-bond donors (Lipinski definition) is 0. The van der Waals surface area contributed by atoms with Crippen LogP contribution in [0.15, 0.2) is 29.3 Å². The first-order valence-corrected chi connectivity index (χ1v) is 18.4. The minimum atomic E-state index is -0.539. The summed E-state index contributed by atoms with van der Waals surface area (Å²) in [4.78, 5) is 67.8. The standard InChI is InChI=1S/C20H25FN2O2.C11H13N.C10H14FNO3.ClH/c1-12-5-15-3-4-22-11-18(23-10-14(9-21)7-20(23)25)19(24)8-17(22)16(15)6-13(12)2;1-8-5-10-3-4-12-7-11(10)6-9(8)2;1-7(13)2-9(14)6-12-5-8(4-11)3-10(12)15;/h5-6,14,17-18H,3-4,7-11H2,1-2H3;5-7H,3-4H2,1-2H3;8H,2-6H2,1H3;1H/t14-,17+,18+;;8-;/m1.1./s1. The van der Waals surface area contributed by atoms with E-state index in [-0.39, 0.29) is 85.3 Å². The Morgan fingerprint density at radius 1 is 0.774 bits per heavy atom. The van der Waals surface area contributed by atoms with Crippen LogP contribution in [0.3, 0.4) is 0 Å². The number of nitrogens with zero attached hydrogens (tertiary/aromatic N) is 4. The highest BCUT2D eigenvalue weighted by Crippen LogP contribution is 2.38. The maximum absolute atomic E-state index is 12.9. The van der Waals surface area contributed by atoms with Crippen LogP contribution in [0, 0.1) is 39.5 Å². The highest BCUT2D eigenvalue weighted by atomic mass is 35.5. The number of benzene rings is 2. The van der Waals surface area contributed by atoms with Gasteiger partial charge in [0.2, 0.25) is 11.8 Å².